The monoisotopic (exact) mass is 317 g/mol. The molecule has 21 heavy (non-hydrogen) atoms. The van der Waals surface area contributed by atoms with E-state index in [4.69, 9.17) is 11.6 Å². The lowest BCUT2D eigenvalue weighted by atomic mass is 10.2. The first-order chi connectivity index (χ1) is 10.2. The summed E-state index contributed by atoms with van der Waals surface area (Å²) in [5.41, 5.74) is 1.55. The zero-order chi connectivity index (χ0) is 14.7. The fourth-order valence-electron chi connectivity index (χ4n) is 2.07. The number of benzene rings is 2. The summed E-state index contributed by atoms with van der Waals surface area (Å²) in [6.45, 7) is 0.554. The predicted molar refractivity (Wildman–Crippen MR) is 88.5 cm³/mol. The highest BCUT2D eigenvalue weighted by Crippen LogP contribution is 2.30. The molecule has 2 aromatic carbocycles. The van der Waals surface area contributed by atoms with Crippen LogP contribution in [0.3, 0.4) is 0 Å². The Morgan fingerprint density at radius 1 is 0.952 bits per heavy atom. The van der Waals surface area contributed by atoms with Crippen LogP contribution in [-0.2, 0) is 6.54 Å². The average Bonchev–Trinajstić information content (AvgIpc) is 2.97. The second kappa shape index (κ2) is 6.29. The molecule has 3 aromatic rings. The number of rotatable bonds is 4. The molecule has 106 valence electrons. The van der Waals surface area contributed by atoms with Crippen LogP contribution < -0.4 is 5.32 Å². The Hall–Kier alpha value is -1.84. The SMILES string of the molecule is Fc1cccc(Cl)c1NCc1ccc(-c2ccccc2)s1. The van der Waals surface area contributed by atoms with Gasteiger partial charge >= 0.3 is 0 Å². The van der Waals surface area contributed by atoms with E-state index in [1.165, 1.54) is 16.5 Å². The molecule has 1 nitrogen and oxygen atoms in total. The predicted octanol–water partition coefficient (Wildman–Crippen LogP) is 5.82. The Morgan fingerprint density at radius 3 is 2.52 bits per heavy atom. The summed E-state index contributed by atoms with van der Waals surface area (Å²) in [7, 11) is 0. The summed E-state index contributed by atoms with van der Waals surface area (Å²) in [6.07, 6.45) is 0. The Bertz CT molecular complexity index is 719. The van der Waals surface area contributed by atoms with E-state index in [0.29, 0.717) is 17.3 Å². The van der Waals surface area contributed by atoms with Crippen molar-refractivity contribution in [3.8, 4) is 10.4 Å². The normalized spacial score (nSPS) is 10.6. The van der Waals surface area contributed by atoms with Crippen LogP contribution >= 0.6 is 22.9 Å². The smallest absolute Gasteiger partial charge is 0.147 e. The fraction of sp³-hybridized carbons (Fsp3) is 0.0588. The molecule has 1 N–H and O–H groups in total. The Labute approximate surface area is 132 Å². The summed E-state index contributed by atoms with van der Waals surface area (Å²) in [6, 6.07) is 19.0. The van der Waals surface area contributed by atoms with Crippen LogP contribution in [0.1, 0.15) is 4.88 Å². The van der Waals surface area contributed by atoms with Gasteiger partial charge in [-0.05, 0) is 29.8 Å². The first-order valence-corrected chi connectivity index (χ1v) is 7.75. The van der Waals surface area contributed by atoms with Crippen LogP contribution in [0, 0.1) is 5.82 Å². The number of hydrogen-bond donors (Lipinski definition) is 1. The van der Waals surface area contributed by atoms with Crippen molar-refractivity contribution >= 4 is 28.6 Å². The number of hydrogen-bond acceptors (Lipinski definition) is 2. The van der Waals surface area contributed by atoms with E-state index in [9.17, 15) is 4.39 Å². The molecule has 0 radical (unpaired) electrons. The summed E-state index contributed by atoms with van der Waals surface area (Å²) in [5, 5.41) is 3.46. The molecule has 0 aliphatic heterocycles. The Kier molecular flexibility index (Phi) is 4.23. The van der Waals surface area contributed by atoms with Crippen LogP contribution in [0.5, 0.6) is 0 Å². The van der Waals surface area contributed by atoms with Crippen molar-refractivity contribution in [3.05, 3.63) is 76.4 Å². The van der Waals surface area contributed by atoms with Crippen molar-refractivity contribution in [3.63, 3.8) is 0 Å². The molecule has 3 rings (SSSR count). The molecule has 0 bridgehead atoms. The van der Waals surface area contributed by atoms with Gasteiger partial charge in [-0.1, -0.05) is 48.0 Å². The zero-order valence-electron chi connectivity index (χ0n) is 11.1. The molecule has 0 saturated heterocycles. The minimum Gasteiger partial charge on any atom is -0.377 e. The van der Waals surface area contributed by atoms with Gasteiger partial charge in [-0.2, -0.15) is 0 Å². The maximum Gasteiger partial charge on any atom is 0.147 e. The van der Waals surface area contributed by atoms with Crippen molar-refractivity contribution in [2.24, 2.45) is 0 Å². The van der Waals surface area contributed by atoms with Crippen molar-refractivity contribution in [1.29, 1.82) is 0 Å². The van der Waals surface area contributed by atoms with E-state index in [0.717, 1.165) is 4.88 Å². The summed E-state index contributed by atoms with van der Waals surface area (Å²) >= 11 is 7.69. The van der Waals surface area contributed by atoms with Crippen molar-refractivity contribution in [2.45, 2.75) is 6.54 Å². The maximum atomic E-state index is 13.7. The van der Waals surface area contributed by atoms with Gasteiger partial charge in [-0.3, -0.25) is 0 Å². The molecular weight excluding hydrogens is 305 g/mol. The van der Waals surface area contributed by atoms with Gasteiger partial charge in [0.05, 0.1) is 10.7 Å². The summed E-state index contributed by atoms with van der Waals surface area (Å²) in [4.78, 5) is 2.33. The van der Waals surface area contributed by atoms with E-state index >= 15 is 0 Å². The number of para-hydroxylation sites is 1. The van der Waals surface area contributed by atoms with Crippen LogP contribution in [0.4, 0.5) is 10.1 Å². The molecule has 0 spiro atoms. The van der Waals surface area contributed by atoms with Gasteiger partial charge in [0.25, 0.3) is 0 Å². The summed E-state index contributed by atoms with van der Waals surface area (Å²) < 4.78 is 13.7. The van der Waals surface area contributed by atoms with Gasteiger partial charge in [0, 0.05) is 16.3 Å². The first-order valence-electron chi connectivity index (χ1n) is 6.56. The molecular formula is C17H13ClFNS. The minimum absolute atomic E-state index is 0.331. The fourth-order valence-corrected chi connectivity index (χ4v) is 3.26. The molecule has 1 heterocycles. The summed E-state index contributed by atoms with van der Waals surface area (Å²) in [5.74, 6) is -0.331. The number of thiophene rings is 1. The molecule has 1 aromatic heterocycles. The zero-order valence-corrected chi connectivity index (χ0v) is 12.7. The number of anilines is 1. The second-order valence-corrected chi connectivity index (χ2v) is 6.16. The molecule has 0 atom stereocenters. The number of nitrogens with one attached hydrogen (secondary N) is 1. The third-order valence-corrected chi connectivity index (χ3v) is 4.57. The van der Waals surface area contributed by atoms with Crippen molar-refractivity contribution in [2.75, 3.05) is 5.32 Å². The quantitative estimate of drug-likeness (QED) is 0.639. The van der Waals surface area contributed by atoms with Gasteiger partial charge in [-0.15, -0.1) is 11.3 Å². The van der Waals surface area contributed by atoms with E-state index in [1.54, 1.807) is 23.5 Å². The van der Waals surface area contributed by atoms with Crippen molar-refractivity contribution in [1.82, 2.24) is 0 Å². The average molecular weight is 318 g/mol. The standard InChI is InChI=1S/C17H13ClFNS/c18-14-7-4-8-15(19)17(14)20-11-13-9-10-16(21-13)12-5-2-1-3-6-12/h1-10,20H,11H2. The highest BCUT2D eigenvalue weighted by atomic mass is 35.5. The van der Waals surface area contributed by atoms with Crippen molar-refractivity contribution < 1.29 is 4.39 Å². The first kappa shape index (κ1) is 14.1. The molecule has 0 aliphatic rings. The lowest BCUT2D eigenvalue weighted by Crippen LogP contribution is -2.00. The molecule has 0 fully saturated rings. The van der Waals surface area contributed by atoms with Crippen LogP contribution in [0.2, 0.25) is 5.02 Å². The topological polar surface area (TPSA) is 12.0 Å². The Morgan fingerprint density at radius 2 is 1.76 bits per heavy atom. The third-order valence-electron chi connectivity index (χ3n) is 3.12. The van der Waals surface area contributed by atoms with E-state index in [2.05, 4.69) is 29.6 Å². The lowest BCUT2D eigenvalue weighted by molar-refractivity contribution is 0.630. The lowest BCUT2D eigenvalue weighted by Gasteiger charge is -2.08. The van der Waals surface area contributed by atoms with Crippen LogP contribution in [0.15, 0.2) is 60.7 Å². The van der Waals surface area contributed by atoms with Gasteiger partial charge in [0.2, 0.25) is 0 Å². The van der Waals surface area contributed by atoms with Crippen LogP contribution in [0.25, 0.3) is 10.4 Å². The van der Waals surface area contributed by atoms with Gasteiger partial charge in [0.15, 0.2) is 0 Å². The van der Waals surface area contributed by atoms with Crippen LogP contribution in [-0.4, -0.2) is 0 Å². The van der Waals surface area contributed by atoms with Gasteiger partial charge < -0.3 is 5.32 Å². The molecule has 0 amide bonds. The second-order valence-electron chi connectivity index (χ2n) is 4.58. The number of halogens is 2. The molecule has 0 unspecified atom stereocenters. The largest absolute Gasteiger partial charge is 0.377 e. The Balaban J connectivity index is 1.74. The van der Waals surface area contributed by atoms with E-state index in [-0.39, 0.29) is 5.82 Å². The highest BCUT2D eigenvalue weighted by molar-refractivity contribution is 7.15. The van der Waals surface area contributed by atoms with E-state index in [1.807, 2.05) is 18.2 Å². The minimum atomic E-state index is -0.331. The van der Waals surface area contributed by atoms with E-state index < -0.39 is 0 Å². The third kappa shape index (κ3) is 3.26. The van der Waals surface area contributed by atoms with Gasteiger partial charge in [0.1, 0.15) is 5.82 Å². The van der Waals surface area contributed by atoms with Gasteiger partial charge in [-0.25, -0.2) is 4.39 Å². The maximum absolute atomic E-state index is 13.7. The molecule has 0 aliphatic carbocycles. The molecule has 0 saturated carbocycles. The molecule has 4 heteroatoms. The highest BCUT2D eigenvalue weighted by Gasteiger charge is 2.07.